The summed E-state index contributed by atoms with van der Waals surface area (Å²) in [4.78, 5) is 30.8. The molecule has 0 bridgehead atoms. The second kappa shape index (κ2) is 8.87. The predicted octanol–water partition coefficient (Wildman–Crippen LogP) is 1.65. The maximum Gasteiger partial charge on any atom is 0.254 e. The van der Waals surface area contributed by atoms with Gasteiger partial charge >= 0.3 is 0 Å². The molecule has 2 aliphatic heterocycles. The average molecular weight is 411 g/mol. The zero-order chi connectivity index (χ0) is 21.1. The number of piperazine rings is 1. The second-order valence-corrected chi connectivity index (χ2v) is 7.99. The first-order valence-electron chi connectivity index (χ1n) is 10.5. The molecule has 1 aromatic carbocycles. The smallest absolute Gasteiger partial charge is 0.254 e. The summed E-state index contributed by atoms with van der Waals surface area (Å²) in [6, 6.07) is 9.83. The minimum Gasteiger partial charge on any atom is -0.378 e. The molecule has 0 spiro atoms. The Bertz CT molecular complexity index is 889. The molecule has 0 atom stereocenters. The number of ether oxygens (including phenoxy) is 1. The number of hydrogen-bond donors (Lipinski definition) is 0. The molecule has 8 heteroatoms. The summed E-state index contributed by atoms with van der Waals surface area (Å²) >= 11 is 0. The van der Waals surface area contributed by atoms with Crippen molar-refractivity contribution in [1.29, 1.82) is 0 Å². The molecule has 8 nitrogen and oxygen atoms in total. The molecule has 4 rings (SSSR count). The first-order valence-corrected chi connectivity index (χ1v) is 10.5. The number of hydrogen-bond acceptors (Lipinski definition) is 7. The zero-order valence-corrected chi connectivity index (χ0v) is 18.0. The highest BCUT2D eigenvalue weighted by Crippen LogP contribution is 2.21. The van der Waals surface area contributed by atoms with Crippen LogP contribution in [0, 0.1) is 6.92 Å². The van der Waals surface area contributed by atoms with E-state index in [2.05, 4.69) is 14.8 Å². The zero-order valence-electron chi connectivity index (χ0n) is 18.0. The SMILES string of the molecule is Cc1cc(N2CCN(C(=O)c3cccc(N(C)C)c3)CC2)nc(N2CCOCC2)n1. The monoisotopic (exact) mass is 410 g/mol. The van der Waals surface area contributed by atoms with Gasteiger partial charge in [-0.3, -0.25) is 4.79 Å². The van der Waals surface area contributed by atoms with Gasteiger partial charge < -0.3 is 24.3 Å². The molecule has 2 aromatic rings. The highest BCUT2D eigenvalue weighted by Gasteiger charge is 2.24. The van der Waals surface area contributed by atoms with E-state index in [1.54, 1.807) is 0 Å². The Hall–Kier alpha value is -2.87. The highest BCUT2D eigenvalue weighted by atomic mass is 16.5. The van der Waals surface area contributed by atoms with Gasteiger partial charge in [0.1, 0.15) is 5.82 Å². The van der Waals surface area contributed by atoms with Crippen LogP contribution in [0.15, 0.2) is 30.3 Å². The number of carbonyl (C=O) groups is 1. The van der Waals surface area contributed by atoms with Crippen LogP contribution >= 0.6 is 0 Å². The average Bonchev–Trinajstić information content (AvgIpc) is 2.79. The van der Waals surface area contributed by atoms with E-state index in [4.69, 9.17) is 9.72 Å². The molecule has 1 aromatic heterocycles. The summed E-state index contributed by atoms with van der Waals surface area (Å²) < 4.78 is 5.44. The molecular formula is C22H30N6O2. The van der Waals surface area contributed by atoms with Crippen LogP contribution in [-0.2, 0) is 4.74 Å². The third-order valence-corrected chi connectivity index (χ3v) is 5.62. The largest absolute Gasteiger partial charge is 0.378 e. The van der Waals surface area contributed by atoms with Gasteiger partial charge in [-0.25, -0.2) is 4.98 Å². The summed E-state index contributed by atoms with van der Waals surface area (Å²) in [7, 11) is 3.97. The van der Waals surface area contributed by atoms with Gasteiger partial charge in [0, 0.05) is 76.4 Å². The number of aromatic nitrogens is 2. The molecule has 0 N–H and O–H groups in total. The van der Waals surface area contributed by atoms with E-state index in [9.17, 15) is 4.79 Å². The van der Waals surface area contributed by atoms with Crippen LogP contribution in [-0.4, -0.2) is 87.4 Å². The topological polar surface area (TPSA) is 65.0 Å². The van der Waals surface area contributed by atoms with Crippen LogP contribution in [0.2, 0.25) is 0 Å². The van der Waals surface area contributed by atoms with Gasteiger partial charge in [-0.2, -0.15) is 4.98 Å². The van der Waals surface area contributed by atoms with Gasteiger partial charge in [0.2, 0.25) is 5.95 Å². The van der Waals surface area contributed by atoms with Crippen molar-refractivity contribution in [3.63, 3.8) is 0 Å². The number of amides is 1. The van der Waals surface area contributed by atoms with Crippen LogP contribution in [0.4, 0.5) is 17.5 Å². The van der Waals surface area contributed by atoms with Gasteiger partial charge in [0.05, 0.1) is 13.2 Å². The Morgan fingerprint density at radius 1 is 0.967 bits per heavy atom. The van der Waals surface area contributed by atoms with E-state index in [1.807, 2.05) is 61.2 Å². The maximum atomic E-state index is 13.0. The molecule has 3 heterocycles. The van der Waals surface area contributed by atoms with E-state index in [0.29, 0.717) is 26.3 Å². The molecule has 2 aliphatic rings. The third-order valence-electron chi connectivity index (χ3n) is 5.62. The fourth-order valence-electron chi connectivity index (χ4n) is 3.84. The molecule has 0 radical (unpaired) electrons. The lowest BCUT2D eigenvalue weighted by Gasteiger charge is -2.36. The van der Waals surface area contributed by atoms with E-state index in [-0.39, 0.29) is 5.91 Å². The minimum atomic E-state index is 0.0891. The molecule has 2 fully saturated rings. The number of morpholine rings is 1. The Morgan fingerprint density at radius 2 is 1.70 bits per heavy atom. The molecule has 1 amide bonds. The summed E-state index contributed by atoms with van der Waals surface area (Å²) in [6.07, 6.45) is 0. The van der Waals surface area contributed by atoms with Crippen molar-refractivity contribution in [1.82, 2.24) is 14.9 Å². The Kier molecular flexibility index (Phi) is 6.03. The van der Waals surface area contributed by atoms with Crippen LogP contribution < -0.4 is 14.7 Å². The van der Waals surface area contributed by atoms with Gasteiger partial charge in [-0.05, 0) is 25.1 Å². The summed E-state index contributed by atoms with van der Waals surface area (Å²) in [5.41, 5.74) is 2.73. The van der Waals surface area contributed by atoms with E-state index in [1.165, 1.54) is 0 Å². The second-order valence-electron chi connectivity index (χ2n) is 7.99. The van der Waals surface area contributed by atoms with E-state index < -0.39 is 0 Å². The van der Waals surface area contributed by atoms with Gasteiger partial charge in [-0.15, -0.1) is 0 Å². The van der Waals surface area contributed by atoms with Crippen molar-refractivity contribution in [2.45, 2.75) is 6.92 Å². The van der Waals surface area contributed by atoms with Crippen LogP contribution in [0.3, 0.4) is 0 Å². The van der Waals surface area contributed by atoms with Gasteiger partial charge in [0.15, 0.2) is 0 Å². The van der Waals surface area contributed by atoms with E-state index in [0.717, 1.165) is 54.9 Å². The number of nitrogens with zero attached hydrogens (tertiary/aromatic N) is 6. The van der Waals surface area contributed by atoms with Crippen LogP contribution in [0.25, 0.3) is 0 Å². The van der Waals surface area contributed by atoms with Crippen molar-refractivity contribution in [2.24, 2.45) is 0 Å². The van der Waals surface area contributed by atoms with Gasteiger partial charge in [0.25, 0.3) is 5.91 Å². The lowest BCUT2D eigenvalue weighted by Crippen LogP contribution is -2.49. The number of rotatable bonds is 4. The van der Waals surface area contributed by atoms with Crippen molar-refractivity contribution in [3.05, 3.63) is 41.6 Å². The van der Waals surface area contributed by atoms with Crippen molar-refractivity contribution in [3.8, 4) is 0 Å². The standard InChI is InChI=1S/C22H30N6O2/c1-17-15-20(24-22(23-17)28-11-13-30-14-12-28)26-7-9-27(10-8-26)21(29)18-5-4-6-19(16-18)25(2)3/h4-6,15-16H,7-14H2,1-3H3. The number of benzene rings is 1. The first kappa shape index (κ1) is 20.4. The van der Waals surface area contributed by atoms with Crippen molar-refractivity contribution in [2.75, 3.05) is 81.3 Å². The lowest BCUT2D eigenvalue weighted by molar-refractivity contribution is 0.0746. The van der Waals surface area contributed by atoms with E-state index >= 15 is 0 Å². The summed E-state index contributed by atoms with van der Waals surface area (Å²) in [6.45, 7) is 7.95. The van der Waals surface area contributed by atoms with Crippen molar-refractivity contribution >= 4 is 23.4 Å². The Balaban J connectivity index is 1.42. The minimum absolute atomic E-state index is 0.0891. The van der Waals surface area contributed by atoms with Gasteiger partial charge in [-0.1, -0.05) is 6.07 Å². The molecule has 0 aliphatic carbocycles. The molecule has 160 valence electrons. The predicted molar refractivity (Wildman–Crippen MR) is 119 cm³/mol. The van der Waals surface area contributed by atoms with Crippen LogP contribution in [0.1, 0.15) is 16.1 Å². The number of carbonyl (C=O) groups excluding carboxylic acids is 1. The fraction of sp³-hybridized carbons (Fsp3) is 0.500. The van der Waals surface area contributed by atoms with Crippen molar-refractivity contribution < 1.29 is 9.53 Å². The quantitative estimate of drug-likeness (QED) is 0.759. The maximum absolute atomic E-state index is 13.0. The Morgan fingerprint density at radius 3 is 2.40 bits per heavy atom. The third kappa shape index (κ3) is 4.48. The summed E-state index contributed by atoms with van der Waals surface area (Å²) in [5, 5.41) is 0. The highest BCUT2D eigenvalue weighted by molar-refractivity contribution is 5.95. The molecule has 0 unspecified atom stereocenters. The molecular weight excluding hydrogens is 380 g/mol. The summed E-state index contributed by atoms with van der Waals surface area (Å²) in [5.74, 6) is 1.80. The van der Waals surface area contributed by atoms with Crippen LogP contribution in [0.5, 0.6) is 0 Å². The first-order chi connectivity index (χ1) is 14.5. The number of anilines is 3. The molecule has 30 heavy (non-hydrogen) atoms. The molecule has 2 saturated heterocycles. The molecule has 0 saturated carbocycles. The normalized spacial score (nSPS) is 17.2. The number of aryl methyl sites for hydroxylation is 1. The Labute approximate surface area is 178 Å². The lowest BCUT2D eigenvalue weighted by atomic mass is 10.1. The fourth-order valence-corrected chi connectivity index (χ4v) is 3.84.